The zero-order valence-electron chi connectivity index (χ0n) is 14.3. The number of hydrogen-bond acceptors (Lipinski definition) is 4. The topological polar surface area (TPSA) is 92.6 Å². The third-order valence-corrected chi connectivity index (χ3v) is 4.48. The van der Waals surface area contributed by atoms with Crippen LogP contribution in [0, 0.1) is 16.0 Å². The van der Waals surface area contributed by atoms with Crippen LogP contribution in [0.2, 0.25) is 0 Å². The van der Waals surface area contributed by atoms with Gasteiger partial charge in [0.25, 0.3) is 5.69 Å². The Balaban J connectivity index is 1.69. The molecular formula is C19H19N3O4. The lowest BCUT2D eigenvalue weighted by molar-refractivity contribution is -0.384. The summed E-state index contributed by atoms with van der Waals surface area (Å²) in [5, 5.41) is 13.7. The van der Waals surface area contributed by atoms with Crippen LogP contribution in [0.25, 0.3) is 0 Å². The van der Waals surface area contributed by atoms with Crippen molar-refractivity contribution in [3.05, 3.63) is 64.2 Å². The molecule has 0 unspecified atom stereocenters. The summed E-state index contributed by atoms with van der Waals surface area (Å²) >= 11 is 0. The molecule has 3 rings (SSSR count). The van der Waals surface area contributed by atoms with E-state index in [0.717, 1.165) is 6.42 Å². The van der Waals surface area contributed by atoms with Crippen molar-refractivity contribution < 1.29 is 14.5 Å². The third kappa shape index (κ3) is 3.72. The molecule has 1 heterocycles. The largest absolute Gasteiger partial charge is 0.326 e. The van der Waals surface area contributed by atoms with E-state index in [1.54, 1.807) is 6.07 Å². The first kappa shape index (κ1) is 17.6. The zero-order chi connectivity index (χ0) is 18.7. The van der Waals surface area contributed by atoms with E-state index in [0.29, 0.717) is 11.4 Å². The van der Waals surface area contributed by atoms with Gasteiger partial charge in [-0.3, -0.25) is 19.7 Å². The molecule has 0 radical (unpaired) electrons. The van der Waals surface area contributed by atoms with Crippen molar-refractivity contribution in [2.45, 2.75) is 19.8 Å². The minimum absolute atomic E-state index is 0.0841. The van der Waals surface area contributed by atoms with Gasteiger partial charge in [-0.05, 0) is 30.2 Å². The number of nitro groups is 1. The number of nitro benzene ring substituents is 1. The molecule has 1 aliphatic rings. The molecule has 0 bridgehead atoms. The summed E-state index contributed by atoms with van der Waals surface area (Å²) in [4.78, 5) is 36.6. The molecular weight excluding hydrogens is 334 g/mol. The number of carbonyl (C=O) groups is 2. The third-order valence-electron chi connectivity index (χ3n) is 4.48. The molecule has 1 N–H and O–H groups in total. The van der Waals surface area contributed by atoms with Gasteiger partial charge < -0.3 is 10.2 Å². The van der Waals surface area contributed by atoms with Gasteiger partial charge in [-0.15, -0.1) is 0 Å². The van der Waals surface area contributed by atoms with Crippen LogP contribution in [0.3, 0.4) is 0 Å². The summed E-state index contributed by atoms with van der Waals surface area (Å²) in [7, 11) is 0. The number of non-ortho nitro benzene ring substituents is 1. The van der Waals surface area contributed by atoms with E-state index in [4.69, 9.17) is 0 Å². The first-order valence-corrected chi connectivity index (χ1v) is 8.42. The summed E-state index contributed by atoms with van der Waals surface area (Å²) in [5.74, 6) is -0.935. The molecule has 7 nitrogen and oxygen atoms in total. The van der Waals surface area contributed by atoms with E-state index in [2.05, 4.69) is 12.2 Å². The van der Waals surface area contributed by atoms with Crippen molar-refractivity contribution in [2.24, 2.45) is 5.92 Å². The number of nitrogens with one attached hydrogen (secondary N) is 1. The lowest BCUT2D eigenvalue weighted by Crippen LogP contribution is -2.28. The van der Waals surface area contributed by atoms with Crippen molar-refractivity contribution in [3.63, 3.8) is 0 Å². The Morgan fingerprint density at radius 1 is 1.27 bits per heavy atom. The SMILES string of the molecule is CCc1ccc(NC(=O)[C@H]2CC(=O)N(c3cccc([N+](=O)[O-])c3)C2)cc1. The summed E-state index contributed by atoms with van der Waals surface area (Å²) in [5.41, 5.74) is 2.22. The Bertz CT molecular complexity index is 848. The smallest absolute Gasteiger partial charge is 0.271 e. The molecule has 0 spiro atoms. The number of nitrogens with zero attached hydrogens (tertiary/aromatic N) is 2. The zero-order valence-corrected chi connectivity index (χ0v) is 14.3. The van der Waals surface area contributed by atoms with Crippen LogP contribution in [0.5, 0.6) is 0 Å². The molecule has 1 fully saturated rings. The van der Waals surface area contributed by atoms with Gasteiger partial charge in [0.1, 0.15) is 0 Å². The van der Waals surface area contributed by atoms with Gasteiger partial charge in [0.2, 0.25) is 11.8 Å². The fourth-order valence-corrected chi connectivity index (χ4v) is 2.98. The maximum atomic E-state index is 12.5. The Morgan fingerprint density at radius 3 is 2.65 bits per heavy atom. The number of rotatable bonds is 5. The Kier molecular flexibility index (Phi) is 4.97. The quantitative estimate of drug-likeness (QED) is 0.660. The van der Waals surface area contributed by atoms with Gasteiger partial charge in [0, 0.05) is 30.8 Å². The Hall–Kier alpha value is -3.22. The molecule has 2 aromatic carbocycles. The van der Waals surface area contributed by atoms with Crippen molar-refractivity contribution in [2.75, 3.05) is 16.8 Å². The highest BCUT2D eigenvalue weighted by Gasteiger charge is 2.35. The number of amides is 2. The number of anilines is 2. The molecule has 0 aromatic heterocycles. The summed E-state index contributed by atoms with van der Waals surface area (Å²) in [6, 6.07) is 13.5. The highest BCUT2D eigenvalue weighted by atomic mass is 16.6. The van der Waals surface area contributed by atoms with E-state index < -0.39 is 10.8 Å². The van der Waals surface area contributed by atoms with Gasteiger partial charge >= 0.3 is 0 Å². The molecule has 2 amide bonds. The summed E-state index contributed by atoms with van der Waals surface area (Å²) in [6.07, 6.45) is 1.01. The molecule has 1 saturated heterocycles. The normalized spacial score (nSPS) is 16.6. The number of carbonyl (C=O) groups excluding carboxylic acids is 2. The lowest BCUT2D eigenvalue weighted by Gasteiger charge is -2.16. The van der Waals surface area contributed by atoms with Crippen LogP contribution in [-0.2, 0) is 16.0 Å². The first-order valence-electron chi connectivity index (χ1n) is 8.42. The Morgan fingerprint density at radius 2 is 2.00 bits per heavy atom. The van der Waals surface area contributed by atoms with Crippen LogP contribution in [0.15, 0.2) is 48.5 Å². The van der Waals surface area contributed by atoms with Crippen molar-refractivity contribution >= 4 is 28.9 Å². The highest BCUT2D eigenvalue weighted by molar-refractivity contribution is 6.03. The molecule has 1 aliphatic heterocycles. The molecule has 0 saturated carbocycles. The minimum Gasteiger partial charge on any atom is -0.326 e. The van der Waals surface area contributed by atoms with E-state index in [1.807, 2.05) is 24.3 Å². The van der Waals surface area contributed by atoms with Gasteiger partial charge in [0.15, 0.2) is 0 Å². The summed E-state index contributed by atoms with van der Waals surface area (Å²) < 4.78 is 0. The second kappa shape index (κ2) is 7.35. The van der Waals surface area contributed by atoms with Crippen LogP contribution in [-0.4, -0.2) is 23.3 Å². The molecule has 2 aromatic rings. The second-order valence-electron chi connectivity index (χ2n) is 6.22. The molecule has 134 valence electrons. The number of hydrogen-bond donors (Lipinski definition) is 1. The van der Waals surface area contributed by atoms with E-state index in [9.17, 15) is 19.7 Å². The van der Waals surface area contributed by atoms with Gasteiger partial charge in [0.05, 0.1) is 16.5 Å². The second-order valence-corrected chi connectivity index (χ2v) is 6.22. The Labute approximate surface area is 150 Å². The summed E-state index contributed by atoms with van der Waals surface area (Å²) in [6.45, 7) is 2.26. The maximum Gasteiger partial charge on any atom is 0.271 e. The molecule has 0 aliphatic carbocycles. The monoisotopic (exact) mass is 353 g/mol. The van der Waals surface area contributed by atoms with Crippen LogP contribution >= 0.6 is 0 Å². The fraction of sp³-hybridized carbons (Fsp3) is 0.263. The van der Waals surface area contributed by atoms with Gasteiger partial charge in [-0.1, -0.05) is 25.1 Å². The number of aryl methyl sites for hydroxylation is 1. The van der Waals surface area contributed by atoms with Crippen molar-refractivity contribution in [1.82, 2.24) is 0 Å². The molecule has 1 atom stereocenters. The van der Waals surface area contributed by atoms with Crippen LogP contribution in [0.1, 0.15) is 18.9 Å². The van der Waals surface area contributed by atoms with E-state index in [1.165, 1.54) is 28.7 Å². The number of benzene rings is 2. The van der Waals surface area contributed by atoms with Crippen molar-refractivity contribution in [1.29, 1.82) is 0 Å². The van der Waals surface area contributed by atoms with Gasteiger partial charge in [-0.25, -0.2) is 0 Å². The van der Waals surface area contributed by atoms with E-state index >= 15 is 0 Å². The van der Waals surface area contributed by atoms with E-state index in [-0.39, 0.29) is 30.5 Å². The standard InChI is InChI=1S/C19H19N3O4/c1-2-13-6-8-15(9-7-13)20-19(24)14-10-18(23)21(12-14)16-4-3-5-17(11-16)22(25)26/h3-9,11,14H,2,10,12H2,1H3,(H,20,24)/t14-/m0/s1. The highest BCUT2D eigenvalue weighted by Crippen LogP contribution is 2.28. The van der Waals surface area contributed by atoms with Crippen LogP contribution in [0.4, 0.5) is 17.1 Å². The minimum atomic E-state index is -0.506. The lowest BCUT2D eigenvalue weighted by atomic mass is 10.1. The molecule has 26 heavy (non-hydrogen) atoms. The predicted molar refractivity (Wildman–Crippen MR) is 98.0 cm³/mol. The average molecular weight is 353 g/mol. The predicted octanol–water partition coefficient (Wildman–Crippen LogP) is 3.15. The van der Waals surface area contributed by atoms with Gasteiger partial charge in [-0.2, -0.15) is 0 Å². The van der Waals surface area contributed by atoms with Crippen LogP contribution < -0.4 is 10.2 Å². The maximum absolute atomic E-state index is 12.5. The fourth-order valence-electron chi connectivity index (χ4n) is 2.98. The molecule has 7 heteroatoms. The average Bonchev–Trinajstić information content (AvgIpc) is 3.04. The van der Waals surface area contributed by atoms with Crippen molar-refractivity contribution in [3.8, 4) is 0 Å². The first-order chi connectivity index (χ1) is 12.5.